The van der Waals surface area contributed by atoms with Gasteiger partial charge in [-0.05, 0) is 43.5 Å². The topological polar surface area (TPSA) is 113 Å². The molecule has 10 heteroatoms. The van der Waals surface area contributed by atoms with E-state index in [0.717, 1.165) is 22.9 Å². The fourth-order valence-corrected chi connectivity index (χ4v) is 3.67. The van der Waals surface area contributed by atoms with E-state index in [0.29, 0.717) is 34.7 Å². The van der Waals surface area contributed by atoms with Gasteiger partial charge in [-0.2, -0.15) is 19.6 Å². The number of nitrogens with zero attached hydrogens (tertiary/aromatic N) is 4. The highest BCUT2D eigenvalue weighted by molar-refractivity contribution is 9.10. The monoisotopic (exact) mass is 481 g/mol. The highest BCUT2D eigenvalue weighted by Crippen LogP contribution is 2.27. The summed E-state index contributed by atoms with van der Waals surface area (Å²) in [4.78, 5) is 32.8. The maximum atomic E-state index is 12.0. The molecule has 1 saturated carbocycles. The zero-order chi connectivity index (χ0) is 21.5. The minimum atomic E-state index is -0.378. The summed E-state index contributed by atoms with van der Waals surface area (Å²) in [5, 5.41) is 13.5. The Kier molecular flexibility index (Phi) is 4.93. The molecule has 1 aliphatic heterocycles. The third-order valence-corrected chi connectivity index (χ3v) is 5.78. The Morgan fingerprint density at radius 3 is 2.68 bits per heavy atom. The average molecular weight is 482 g/mol. The first-order valence-electron chi connectivity index (χ1n) is 10.1. The van der Waals surface area contributed by atoms with E-state index in [4.69, 9.17) is 0 Å². The van der Waals surface area contributed by atoms with Gasteiger partial charge in [0, 0.05) is 21.7 Å². The van der Waals surface area contributed by atoms with Crippen molar-refractivity contribution in [1.82, 2.24) is 24.9 Å². The lowest BCUT2D eigenvalue weighted by Crippen LogP contribution is -2.19. The SMILES string of the molecule is C[C@@H](Nc1nc(NC2CC2)n2ncc(/C=C3\CC(=O)NC3=O)c2n1)c1ccc(Br)cc1. The van der Waals surface area contributed by atoms with Gasteiger partial charge in [-0.25, -0.2) is 0 Å². The fraction of sp³-hybridized carbons (Fsp3) is 0.286. The second kappa shape index (κ2) is 7.77. The van der Waals surface area contributed by atoms with Gasteiger partial charge in [0.1, 0.15) is 0 Å². The molecular formula is C21H20BrN7O2. The lowest BCUT2D eigenvalue weighted by atomic mass is 10.1. The number of anilines is 2. The number of benzene rings is 1. The zero-order valence-corrected chi connectivity index (χ0v) is 18.3. The number of carbonyl (C=O) groups excluding carboxylic acids is 2. The lowest BCUT2D eigenvalue weighted by molar-refractivity contribution is -0.124. The molecule has 9 nitrogen and oxygen atoms in total. The van der Waals surface area contributed by atoms with Crippen molar-refractivity contribution < 1.29 is 9.59 Å². The van der Waals surface area contributed by atoms with E-state index < -0.39 is 0 Å². The summed E-state index contributed by atoms with van der Waals surface area (Å²) in [6, 6.07) is 8.41. The Balaban J connectivity index is 1.52. The van der Waals surface area contributed by atoms with Crippen molar-refractivity contribution in [3.05, 3.63) is 51.6 Å². The van der Waals surface area contributed by atoms with E-state index in [1.165, 1.54) is 0 Å². The maximum absolute atomic E-state index is 12.0. The molecule has 5 rings (SSSR count). The van der Waals surface area contributed by atoms with Gasteiger partial charge in [0.2, 0.25) is 17.8 Å². The van der Waals surface area contributed by atoms with E-state index in [-0.39, 0.29) is 24.3 Å². The van der Waals surface area contributed by atoms with E-state index >= 15 is 0 Å². The predicted octanol–water partition coefficient (Wildman–Crippen LogP) is 3.06. The average Bonchev–Trinajstić information content (AvgIpc) is 3.37. The molecule has 0 bridgehead atoms. The lowest BCUT2D eigenvalue weighted by Gasteiger charge is -2.16. The number of carbonyl (C=O) groups is 2. The number of aromatic nitrogens is 4. The minimum absolute atomic E-state index is 0.0210. The number of fused-ring (bicyclic) bond motifs is 1. The summed E-state index contributed by atoms with van der Waals surface area (Å²) in [7, 11) is 0. The zero-order valence-electron chi connectivity index (χ0n) is 16.7. The van der Waals surface area contributed by atoms with Crippen molar-refractivity contribution in [2.75, 3.05) is 10.6 Å². The van der Waals surface area contributed by atoms with Gasteiger partial charge in [-0.3, -0.25) is 14.9 Å². The van der Waals surface area contributed by atoms with Gasteiger partial charge in [0.15, 0.2) is 5.65 Å². The van der Waals surface area contributed by atoms with Gasteiger partial charge in [-0.1, -0.05) is 28.1 Å². The molecule has 3 N–H and O–H groups in total. The van der Waals surface area contributed by atoms with Crippen LogP contribution in [0.1, 0.15) is 43.4 Å². The van der Waals surface area contributed by atoms with E-state index in [1.807, 2.05) is 31.2 Å². The van der Waals surface area contributed by atoms with Crippen LogP contribution in [0.4, 0.5) is 11.9 Å². The highest BCUT2D eigenvalue weighted by Gasteiger charge is 2.26. The molecule has 31 heavy (non-hydrogen) atoms. The van der Waals surface area contributed by atoms with Gasteiger partial charge in [0.25, 0.3) is 5.91 Å². The van der Waals surface area contributed by atoms with Crippen molar-refractivity contribution in [3.63, 3.8) is 0 Å². The molecule has 1 aromatic carbocycles. The standard InChI is InChI=1S/C21H20BrN7O2/c1-11(12-2-4-15(22)5-3-12)24-20-27-18-14(8-13-9-17(30)26-19(13)31)10-23-29(18)21(28-20)25-16-6-7-16/h2-5,8,10-11,16H,6-7,9H2,1H3,(H,26,30,31)(H2,24,25,27,28)/b13-8+/t11-/m1/s1. The molecule has 3 heterocycles. The Morgan fingerprint density at radius 2 is 2.00 bits per heavy atom. The summed E-state index contributed by atoms with van der Waals surface area (Å²) in [6.45, 7) is 2.04. The summed E-state index contributed by atoms with van der Waals surface area (Å²) < 4.78 is 2.65. The van der Waals surface area contributed by atoms with Crippen molar-refractivity contribution in [2.45, 2.75) is 38.3 Å². The van der Waals surface area contributed by atoms with Crippen LogP contribution in [0, 0.1) is 0 Å². The van der Waals surface area contributed by atoms with Crippen LogP contribution in [0.15, 0.2) is 40.5 Å². The molecule has 3 aromatic rings. The van der Waals surface area contributed by atoms with Crippen molar-refractivity contribution in [1.29, 1.82) is 0 Å². The van der Waals surface area contributed by atoms with E-state index in [1.54, 1.807) is 16.8 Å². The number of amides is 2. The van der Waals surface area contributed by atoms with Crippen LogP contribution in [-0.2, 0) is 9.59 Å². The third-order valence-electron chi connectivity index (χ3n) is 5.25. The minimum Gasteiger partial charge on any atom is -0.351 e. The number of nitrogens with one attached hydrogen (secondary N) is 3. The molecule has 2 aliphatic rings. The third kappa shape index (κ3) is 4.15. The molecule has 2 amide bonds. The van der Waals surface area contributed by atoms with Gasteiger partial charge >= 0.3 is 0 Å². The first kappa shape index (κ1) is 19.7. The quantitative estimate of drug-likeness (QED) is 0.366. The highest BCUT2D eigenvalue weighted by atomic mass is 79.9. The molecule has 1 aliphatic carbocycles. The first-order chi connectivity index (χ1) is 15.0. The molecule has 0 unspecified atom stereocenters. The second-order valence-electron chi connectivity index (χ2n) is 7.77. The molecule has 2 fully saturated rings. The van der Waals surface area contributed by atoms with Crippen molar-refractivity contribution in [2.24, 2.45) is 0 Å². The van der Waals surface area contributed by atoms with Crippen LogP contribution >= 0.6 is 15.9 Å². The second-order valence-corrected chi connectivity index (χ2v) is 8.68. The number of hydrogen-bond donors (Lipinski definition) is 3. The Bertz CT molecular complexity index is 1210. The Labute approximate surface area is 186 Å². The van der Waals surface area contributed by atoms with Crippen molar-refractivity contribution >= 4 is 51.4 Å². The Morgan fingerprint density at radius 1 is 1.23 bits per heavy atom. The van der Waals surface area contributed by atoms with Crippen LogP contribution in [-0.4, -0.2) is 37.4 Å². The van der Waals surface area contributed by atoms with Gasteiger partial charge < -0.3 is 10.6 Å². The summed E-state index contributed by atoms with van der Waals surface area (Å²) >= 11 is 3.46. The normalized spacial score (nSPS) is 18.5. The molecule has 0 radical (unpaired) electrons. The number of hydrogen-bond acceptors (Lipinski definition) is 7. The van der Waals surface area contributed by atoms with Crippen LogP contribution in [0.3, 0.4) is 0 Å². The smallest absolute Gasteiger partial charge is 0.254 e. The summed E-state index contributed by atoms with van der Waals surface area (Å²) in [5.41, 5.74) is 2.71. The molecule has 2 aromatic heterocycles. The predicted molar refractivity (Wildman–Crippen MR) is 119 cm³/mol. The van der Waals surface area contributed by atoms with Crippen LogP contribution in [0.5, 0.6) is 0 Å². The van der Waals surface area contributed by atoms with E-state index in [2.05, 4.69) is 46.9 Å². The van der Waals surface area contributed by atoms with Gasteiger partial charge in [0.05, 0.1) is 18.7 Å². The fourth-order valence-electron chi connectivity index (χ4n) is 3.40. The van der Waals surface area contributed by atoms with Crippen molar-refractivity contribution in [3.8, 4) is 0 Å². The van der Waals surface area contributed by atoms with Crippen LogP contribution < -0.4 is 16.0 Å². The molecule has 0 spiro atoms. The van der Waals surface area contributed by atoms with Crippen LogP contribution in [0.2, 0.25) is 0 Å². The molecule has 1 saturated heterocycles. The number of imide groups is 1. The van der Waals surface area contributed by atoms with Gasteiger partial charge in [-0.15, -0.1) is 0 Å². The Hall–Kier alpha value is -3.27. The number of halogens is 1. The molecule has 158 valence electrons. The summed E-state index contributed by atoms with van der Waals surface area (Å²) in [6.07, 6.45) is 5.53. The maximum Gasteiger partial charge on any atom is 0.254 e. The summed E-state index contributed by atoms with van der Waals surface area (Å²) in [5.74, 6) is 0.369. The largest absolute Gasteiger partial charge is 0.351 e. The first-order valence-corrected chi connectivity index (χ1v) is 10.8. The number of rotatable bonds is 6. The van der Waals surface area contributed by atoms with E-state index in [9.17, 15) is 9.59 Å². The molecule has 1 atom stereocenters. The molecular weight excluding hydrogens is 462 g/mol. The van der Waals surface area contributed by atoms with Crippen LogP contribution in [0.25, 0.3) is 11.7 Å².